The lowest BCUT2D eigenvalue weighted by molar-refractivity contribution is -0.115. The molecule has 3 rings (SSSR count). The summed E-state index contributed by atoms with van der Waals surface area (Å²) in [6.07, 6.45) is 2.28. The Labute approximate surface area is 136 Å². The Hall–Kier alpha value is -2.55. The monoisotopic (exact) mass is 306 g/mol. The Balaban J connectivity index is 1.77. The smallest absolute Gasteiger partial charge is 0.228 e. The molecule has 1 aromatic heterocycles. The van der Waals surface area contributed by atoms with Gasteiger partial charge in [0.05, 0.1) is 6.42 Å². The Bertz CT molecular complexity index is 840. The van der Waals surface area contributed by atoms with Gasteiger partial charge >= 0.3 is 0 Å². The third kappa shape index (κ3) is 3.45. The minimum absolute atomic E-state index is 0.00691. The number of para-hydroxylation sites is 1. The van der Waals surface area contributed by atoms with E-state index in [1.54, 1.807) is 0 Å². The van der Waals surface area contributed by atoms with Crippen LogP contribution in [0.4, 0.5) is 5.69 Å². The molecule has 3 aromatic rings. The minimum atomic E-state index is -0.00691. The van der Waals surface area contributed by atoms with E-state index in [0.29, 0.717) is 6.42 Å². The Kier molecular flexibility index (Phi) is 3.95. The van der Waals surface area contributed by atoms with Crippen molar-refractivity contribution in [3.05, 3.63) is 65.9 Å². The van der Waals surface area contributed by atoms with E-state index in [9.17, 15) is 4.79 Å². The first-order valence-corrected chi connectivity index (χ1v) is 7.89. The number of amides is 1. The molecule has 118 valence electrons. The summed E-state index contributed by atoms with van der Waals surface area (Å²) in [6, 6.07) is 16.1. The molecule has 1 heterocycles. The summed E-state index contributed by atoms with van der Waals surface area (Å²) in [5, 5.41) is 4.22. The fraction of sp³-hybridized carbons (Fsp3) is 0.250. The second-order valence-corrected chi connectivity index (χ2v) is 6.92. The number of hydrogen-bond donors (Lipinski definition) is 2. The summed E-state index contributed by atoms with van der Waals surface area (Å²) in [5.74, 6) is 0.00704. The van der Waals surface area contributed by atoms with Crippen molar-refractivity contribution in [3.63, 3.8) is 0 Å². The number of benzene rings is 2. The maximum atomic E-state index is 12.4. The van der Waals surface area contributed by atoms with Crippen LogP contribution in [0.1, 0.15) is 31.9 Å². The average molecular weight is 306 g/mol. The van der Waals surface area contributed by atoms with Gasteiger partial charge in [0.25, 0.3) is 0 Å². The summed E-state index contributed by atoms with van der Waals surface area (Å²) in [7, 11) is 0. The number of aromatic amines is 1. The normalized spacial score (nSPS) is 11.6. The van der Waals surface area contributed by atoms with Gasteiger partial charge in [-0.3, -0.25) is 4.79 Å². The SMILES string of the molecule is CC(C)(C)c1ccccc1NC(=O)Cc1ccc2cc[nH]c2c1. The van der Waals surface area contributed by atoms with Gasteiger partial charge in [-0.2, -0.15) is 0 Å². The molecule has 1 amide bonds. The van der Waals surface area contributed by atoms with E-state index in [4.69, 9.17) is 0 Å². The van der Waals surface area contributed by atoms with Crippen molar-refractivity contribution in [2.75, 3.05) is 5.32 Å². The molecule has 0 saturated carbocycles. The van der Waals surface area contributed by atoms with Gasteiger partial charge in [-0.1, -0.05) is 51.1 Å². The van der Waals surface area contributed by atoms with Crippen molar-refractivity contribution >= 4 is 22.5 Å². The minimum Gasteiger partial charge on any atom is -0.361 e. The van der Waals surface area contributed by atoms with Gasteiger partial charge in [-0.25, -0.2) is 0 Å². The average Bonchev–Trinajstić information content (AvgIpc) is 2.94. The van der Waals surface area contributed by atoms with Crippen LogP contribution in [0.15, 0.2) is 54.7 Å². The summed E-state index contributed by atoms with van der Waals surface area (Å²) in [4.78, 5) is 15.6. The molecule has 0 aliphatic rings. The van der Waals surface area contributed by atoms with Gasteiger partial charge < -0.3 is 10.3 Å². The Morgan fingerprint density at radius 3 is 2.65 bits per heavy atom. The highest BCUT2D eigenvalue weighted by Gasteiger charge is 2.18. The maximum absolute atomic E-state index is 12.4. The second-order valence-electron chi connectivity index (χ2n) is 6.92. The van der Waals surface area contributed by atoms with Crippen LogP contribution in [0.5, 0.6) is 0 Å². The topological polar surface area (TPSA) is 44.9 Å². The highest BCUT2D eigenvalue weighted by atomic mass is 16.1. The van der Waals surface area contributed by atoms with E-state index >= 15 is 0 Å². The highest BCUT2D eigenvalue weighted by molar-refractivity contribution is 5.93. The number of carbonyl (C=O) groups is 1. The first kappa shape index (κ1) is 15.3. The number of nitrogens with one attached hydrogen (secondary N) is 2. The van der Waals surface area contributed by atoms with E-state index in [0.717, 1.165) is 27.7 Å². The largest absolute Gasteiger partial charge is 0.361 e. The molecular weight excluding hydrogens is 284 g/mol. The number of carbonyl (C=O) groups excluding carboxylic acids is 1. The number of rotatable bonds is 3. The maximum Gasteiger partial charge on any atom is 0.228 e. The third-order valence-electron chi connectivity index (χ3n) is 3.99. The molecule has 3 heteroatoms. The summed E-state index contributed by atoms with van der Waals surface area (Å²) in [5.41, 5.74) is 4.10. The fourth-order valence-electron chi connectivity index (χ4n) is 2.83. The van der Waals surface area contributed by atoms with E-state index in [2.05, 4.69) is 37.1 Å². The van der Waals surface area contributed by atoms with Crippen molar-refractivity contribution in [2.24, 2.45) is 0 Å². The van der Waals surface area contributed by atoms with Crippen molar-refractivity contribution in [3.8, 4) is 0 Å². The molecule has 23 heavy (non-hydrogen) atoms. The van der Waals surface area contributed by atoms with Crippen LogP contribution in [0.3, 0.4) is 0 Å². The molecule has 0 saturated heterocycles. The molecular formula is C20H22N2O. The third-order valence-corrected chi connectivity index (χ3v) is 3.99. The Morgan fingerprint density at radius 1 is 1.09 bits per heavy atom. The lowest BCUT2D eigenvalue weighted by Gasteiger charge is -2.23. The molecule has 3 nitrogen and oxygen atoms in total. The van der Waals surface area contributed by atoms with Gasteiger partial charge in [0.1, 0.15) is 0 Å². The molecule has 0 bridgehead atoms. The van der Waals surface area contributed by atoms with Gasteiger partial charge in [-0.15, -0.1) is 0 Å². The van der Waals surface area contributed by atoms with E-state index < -0.39 is 0 Å². The number of hydrogen-bond acceptors (Lipinski definition) is 1. The molecule has 2 aromatic carbocycles. The van der Waals surface area contributed by atoms with Crippen LogP contribution in [0.25, 0.3) is 10.9 Å². The van der Waals surface area contributed by atoms with Gasteiger partial charge in [0.2, 0.25) is 5.91 Å². The second kappa shape index (κ2) is 5.92. The standard InChI is InChI=1S/C20H22N2O/c1-20(2,3)16-6-4-5-7-17(16)22-19(23)13-14-8-9-15-10-11-21-18(15)12-14/h4-12,21H,13H2,1-3H3,(H,22,23). The van der Waals surface area contributed by atoms with Crippen LogP contribution >= 0.6 is 0 Å². The molecule has 0 radical (unpaired) electrons. The number of H-pyrrole nitrogens is 1. The Morgan fingerprint density at radius 2 is 1.87 bits per heavy atom. The van der Waals surface area contributed by atoms with E-state index in [-0.39, 0.29) is 11.3 Å². The zero-order valence-electron chi connectivity index (χ0n) is 13.8. The highest BCUT2D eigenvalue weighted by Crippen LogP contribution is 2.29. The zero-order chi connectivity index (χ0) is 16.4. The first-order chi connectivity index (χ1) is 10.9. The summed E-state index contributed by atoms with van der Waals surface area (Å²) >= 11 is 0. The zero-order valence-corrected chi connectivity index (χ0v) is 13.8. The lowest BCUT2D eigenvalue weighted by atomic mass is 9.86. The summed E-state index contributed by atoms with van der Waals surface area (Å²) in [6.45, 7) is 6.45. The molecule has 0 spiro atoms. The molecule has 0 atom stereocenters. The number of fused-ring (bicyclic) bond motifs is 1. The molecule has 0 unspecified atom stereocenters. The van der Waals surface area contributed by atoms with Crippen LogP contribution in [0.2, 0.25) is 0 Å². The van der Waals surface area contributed by atoms with Crippen LogP contribution in [-0.4, -0.2) is 10.9 Å². The van der Waals surface area contributed by atoms with Crippen molar-refractivity contribution in [1.82, 2.24) is 4.98 Å². The van der Waals surface area contributed by atoms with Gasteiger partial charge in [0, 0.05) is 17.4 Å². The van der Waals surface area contributed by atoms with Crippen LogP contribution < -0.4 is 5.32 Å². The van der Waals surface area contributed by atoms with Crippen molar-refractivity contribution < 1.29 is 4.79 Å². The van der Waals surface area contributed by atoms with Crippen LogP contribution in [0, 0.1) is 0 Å². The first-order valence-electron chi connectivity index (χ1n) is 7.89. The van der Waals surface area contributed by atoms with Crippen LogP contribution in [-0.2, 0) is 16.6 Å². The van der Waals surface area contributed by atoms with Crippen molar-refractivity contribution in [2.45, 2.75) is 32.6 Å². The number of anilines is 1. The molecule has 0 fully saturated rings. The molecule has 2 N–H and O–H groups in total. The van der Waals surface area contributed by atoms with E-state index in [1.165, 1.54) is 0 Å². The fourth-order valence-corrected chi connectivity index (χ4v) is 2.83. The van der Waals surface area contributed by atoms with Gasteiger partial charge in [-0.05, 0) is 40.1 Å². The molecule has 0 aliphatic heterocycles. The predicted molar refractivity (Wildman–Crippen MR) is 95.8 cm³/mol. The molecule has 0 aliphatic carbocycles. The predicted octanol–water partition coefficient (Wildman–Crippen LogP) is 4.65. The van der Waals surface area contributed by atoms with Crippen molar-refractivity contribution in [1.29, 1.82) is 0 Å². The van der Waals surface area contributed by atoms with Gasteiger partial charge in [0.15, 0.2) is 0 Å². The number of aromatic nitrogens is 1. The van der Waals surface area contributed by atoms with E-state index in [1.807, 2.05) is 48.7 Å². The summed E-state index contributed by atoms with van der Waals surface area (Å²) < 4.78 is 0. The quantitative estimate of drug-likeness (QED) is 0.727. The lowest BCUT2D eigenvalue weighted by Crippen LogP contribution is -2.19.